The van der Waals surface area contributed by atoms with E-state index in [2.05, 4.69) is 5.32 Å². The third kappa shape index (κ3) is 4.97. The summed E-state index contributed by atoms with van der Waals surface area (Å²) in [6.45, 7) is 3.47. The number of nitriles is 1. The number of aryl methyl sites for hydroxylation is 1. The standard InChI is InChI=1S/C25H21N3O6/c1-14-7-16(8-19(13-26)23(29)27-20-5-4-6-22(12-20)34-3)15(2)28(14)21-10-17(24(30)31)9-18(11-21)25(32)33/h4-12H,1-3H3,(H,27,29)(H,30,31)(H,32,33)/b19-8+. The first-order valence-electron chi connectivity index (χ1n) is 10.0. The van der Waals surface area contributed by atoms with Crippen LogP contribution >= 0.6 is 0 Å². The zero-order valence-electron chi connectivity index (χ0n) is 18.6. The van der Waals surface area contributed by atoms with Crippen molar-refractivity contribution < 1.29 is 29.3 Å². The normalized spacial score (nSPS) is 10.9. The van der Waals surface area contributed by atoms with Crippen LogP contribution in [0.4, 0.5) is 5.69 Å². The van der Waals surface area contributed by atoms with Gasteiger partial charge in [0.1, 0.15) is 17.4 Å². The monoisotopic (exact) mass is 459 g/mol. The van der Waals surface area contributed by atoms with Crippen LogP contribution in [-0.2, 0) is 4.79 Å². The van der Waals surface area contributed by atoms with Crippen molar-refractivity contribution in [2.45, 2.75) is 13.8 Å². The number of carboxylic acid groups (broad SMARTS) is 2. The van der Waals surface area contributed by atoms with Crippen molar-refractivity contribution in [3.05, 3.63) is 82.2 Å². The summed E-state index contributed by atoms with van der Waals surface area (Å²) in [5.41, 5.74) is 2.12. The first-order chi connectivity index (χ1) is 16.1. The van der Waals surface area contributed by atoms with E-state index in [1.165, 1.54) is 25.3 Å². The molecule has 34 heavy (non-hydrogen) atoms. The largest absolute Gasteiger partial charge is 0.497 e. The Morgan fingerprint density at radius 3 is 2.24 bits per heavy atom. The summed E-state index contributed by atoms with van der Waals surface area (Å²) in [4.78, 5) is 35.6. The minimum absolute atomic E-state index is 0.145. The number of methoxy groups -OCH3 is 1. The number of aromatic nitrogens is 1. The van der Waals surface area contributed by atoms with Gasteiger partial charge in [0.05, 0.1) is 18.2 Å². The van der Waals surface area contributed by atoms with E-state index in [0.29, 0.717) is 34.1 Å². The Morgan fingerprint density at radius 1 is 1.03 bits per heavy atom. The van der Waals surface area contributed by atoms with Gasteiger partial charge in [0.2, 0.25) is 0 Å². The number of benzene rings is 2. The lowest BCUT2D eigenvalue weighted by Gasteiger charge is -2.12. The van der Waals surface area contributed by atoms with Crippen LogP contribution in [0.2, 0.25) is 0 Å². The van der Waals surface area contributed by atoms with E-state index in [-0.39, 0.29) is 16.7 Å². The molecule has 3 N–H and O–H groups in total. The number of hydrogen-bond donors (Lipinski definition) is 3. The second kappa shape index (κ2) is 9.75. The SMILES string of the molecule is COc1cccc(NC(=O)/C(C#N)=C/c2cc(C)n(-c3cc(C(=O)O)cc(C(=O)O)c3)c2C)c1. The average Bonchev–Trinajstić information content (AvgIpc) is 3.09. The molecular weight excluding hydrogens is 438 g/mol. The second-order valence-corrected chi connectivity index (χ2v) is 7.40. The Hall–Kier alpha value is -4.84. The van der Waals surface area contributed by atoms with Gasteiger partial charge in [-0.05, 0) is 61.9 Å². The zero-order valence-corrected chi connectivity index (χ0v) is 18.6. The van der Waals surface area contributed by atoms with E-state index >= 15 is 0 Å². The number of rotatable bonds is 7. The molecule has 1 aromatic heterocycles. The van der Waals surface area contributed by atoms with Crippen molar-refractivity contribution in [2.75, 3.05) is 12.4 Å². The molecule has 0 unspecified atom stereocenters. The highest BCUT2D eigenvalue weighted by Gasteiger charge is 2.17. The lowest BCUT2D eigenvalue weighted by molar-refractivity contribution is -0.112. The summed E-state index contributed by atoms with van der Waals surface area (Å²) in [6.07, 6.45) is 1.42. The van der Waals surface area contributed by atoms with Gasteiger partial charge in [-0.2, -0.15) is 5.26 Å². The first kappa shape index (κ1) is 23.8. The topological polar surface area (TPSA) is 142 Å². The van der Waals surface area contributed by atoms with Crippen LogP contribution in [0, 0.1) is 25.2 Å². The maximum atomic E-state index is 12.7. The van der Waals surface area contributed by atoms with Crippen molar-refractivity contribution in [3.63, 3.8) is 0 Å². The van der Waals surface area contributed by atoms with E-state index in [4.69, 9.17) is 4.74 Å². The van der Waals surface area contributed by atoms with Crippen molar-refractivity contribution in [3.8, 4) is 17.5 Å². The minimum atomic E-state index is -1.26. The molecule has 0 atom stereocenters. The molecule has 0 aliphatic carbocycles. The predicted molar refractivity (Wildman–Crippen MR) is 124 cm³/mol. The lowest BCUT2D eigenvalue weighted by atomic mass is 10.1. The second-order valence-electron chi connectivity index (χ2n) is 7.40. The van der Waals surface area contributed by atoms with Crippen molar-refractivity contribution in [1.82, 2.24) is 4.57 Å². The zero-order chi connectivity index (χ0) is 25.0. The molecule has 0 bridgehead atoms. The van der Waals surface area contributed by atoms with Gasteiger partial charge in [0, 0.05) is 28.8 Å². The van der Waals surface area contributed by atoms with Crippen LogP contribution in [0.5, 0.6) is 5.75 Å². The van der Waals surface area contributed by atoms with Gasteiger partial charge in [-0.25, -0.2) is 9.59 Å². The Morgan fingerprint density at radius 2 is 1.68 bits per heavy atom. The summed E-state index contributed by atoms with van der Waals surface area (Å²) in [5, 5.41) is 31.0. The molecule has 0 spiro atoms. The number of carbonyl (C=O) groups excluding carboxylic acids is 1. The number of anilines is 1. The molecule has 0 saturated carbocycles. The number of nitrogens with one attached hydrogen (secondary N) is 1. The molecule has 0 fully saturated rings. The molecule has 1 amide bonds. The molecule has 1 heterocycles. The first-order valence-corrected chi connectivity index (χ1v) is 10.0. The number of carbonyl (C=O) groups is 3. The van der Waals surface area contributed by atoms with E-state index in [1.54, 1.807) is 48.7 Å². The molecule has 3 aromatic rings. The number of carboxylic acids is 2. The van der Waals surface area contributed by atoms with Crippen molar-refractivity contribution in [2.24, 2.45) is 0 Å². The fraction of sp³-hybridized carbons (Fsp3) is 0.120. The number of nitrogens with zero attached hydrogens (tertiary/aromatic N) is 2. The molecule has 9 nitrogen and oxygen atoms in total. The van der Waals surface area contributed by atoms with E-state index < -0.39 is 17.8 Å². The molecule has 2 aromatic carbocycles. The van der Waals surface area contributed by atoms with Gasteiger partial charge in [-0.1, -0.05) is 6.07 Å². The Balaban J connectivity index is 2.01. The number of hydrogen-bond acceptors (Lipinski definition) is 5. The van der Waals surface area contributed by atoms with Gasteiger partial charge in [-0.15, -0.1) is 0 Å². The minimum Gasteiger partial charge on any atom is -0.497 e. The average molecular weight is 459 g/mol. The molecular formula is C25H21N3O6. The van der Waals surface area contributed by atoms with E-state index in [0.717, 1.165) is 6.07 Å². The number of ether oxygens (including phenoxy) is 1. The van der Waals surface area contributed by atoms with Gasteiger partial charge >= 0.3 is 11.9 Å². The number of amides is 1. The third-order valence-electron chi connectivity index (χ3n) is 5.13. The smallest absolute Gasteiger partial charge is 0.335 e. The van der Waals surface area contributed by atoms with Crippen LogP contribution in [0.1, 0.15) is 37.7 Å². The van der Waals surface area contributed by atoms with Gasteiger partial charge in [-0.3, -0.25) is 4.79 Å². The summed E-state index contributed by atoms with van der Waals surface area (Å²) in [6, 6.07) is 14.1. The van der Waals surface area contributed by atoms with Crippen molar-refractivity contribution in [1.29, 1.82) is 5.26 Å². The van der Waals surface area contributed by atoms with Crippen LogP contribution < -0.4 is 10.1 Å². The molecule has 3 rings (SSSR count). The highest BCUT2D eigenvalue weighted by molar-refractivity contribution is 6.09. The molecule has 9 heteroatoms. The number of aromatic carboxylic acids is 2. The highest BCUT2D eigenvalue weighted by atomic mass is 16.5. The maximum Gasteiger partial charge on any atom is 0.335 e. The highest BCUT2D eigenvalue weighted by Crippen LogP contribution is 2.25. The van der Waals surface area contributed by atoms with Crippen LogP contribution in [0.15, 0.2) is 54.1 Å². The van der Waals surface area contributed by atoms with Crippen LogP contribution in [0.25, 0.3) is 11.8 Å². The predicted octanol–water partition coefficient (Wildman–Crippen LogP) is 4.04. The summed E-state index contributed by atoms with van der Waals surface area (Å²) < 4.78 is 6.80. The summed E-state index contributed by atoms with van der Waals surface area (Å²) >= 11 is 0. The maximum absolute atomic E-state index is 12.7. The fourth-order valence-electron chi connectivity index (χ4n) is 3.52. The van der Waals surface area contributed by atoms with E-state index in [9.17, 15) is 29.9 Å². The quantitative estimate of drug-likeness (QED) is 0.357. The molecule has 0 aliphatic heterocycles. The van der Waals surface area contributed by atoms with Gasteiger partial charge in [0.25, 0.3) is 5.91 Å². The van der Waals surface area contributed by atoms with E-state index in [1.807, 2.05) is 6.07 Å². The fourth-order valence-corrected chi connectivity index (χ4v) is 3.52. The Labute approximate surface area is 195 Å². The van der Waals surface area contributed by atoms with Gasteiger partial charge in [0.15, 0.2) is 0 Å². The molecule has 0 saturated heterocycles. The van der Waals surface area contributed by atoms with Crippen molar-refractivity contribution >= 4 is 29.6 Å². The molecule has 0 radical (unpaired) electrons. The summed E-state index contributed by atoms with van der Waals surface area (Å²) in [5.74, 6) is -2.57. The van der Waals surface area contributed by atoms with Crippen LogP contribution in [0.3, 0.4) is 0 Å². The molecule has 0 aliphatic rings. The third-order valence-corrected chi connectivity index (χ3v) is 5.13. The van der Waals surface area contributed by atoms with Crippen LogP contribution in [-0.4, -0.2) is 39.7 Å². The van der Waals surface area contributed by atoms with Gasteiger partial charge < -0.3 is 24.8 Å². The molecule has 172 valence electrons. The Bertz CT molecular complexity index is 1350. The lowest BCUT2D eigenvalue weighted by Crippen LogP contribution is -2.13. The summed E-state index contributed by atoms with van der Waals surface area (Å²) in [7, 11) is 1.50. The Kier molecular flexibility index (Phi) is 6.83.